The van der Waals surface area contributed by atoms with Gasteiger partial charge in [0.05, 0.1) is 18.9 Å². The molecular formula is C14H20N2O2S. The molecule has 1 saturated heterocycles. The summed E-state index contributed by atoms with van der Waals surface area (Å²) >= 11 is 5.28. The van der Waals surface area contributed by atoms with Crippen LogP contribution in [0.3, 0.4) is 0 Å². The highest BCUT2D eigenvalue weighted by molar-refractivity contribution is 7.80. The van der Waals surface area contributed by atoms with Gasteiger partial charge in [-0.2, -0.15) is 0 Å². The lowest BCUT2D eigenvalue weighted by atomic mass is 10.2. The van der Waals surface area contributed by atoms with Crippen LogP contribution < -0.4 is 15.4 Å². The molecule has 1 aromatic carbocycles. The number of ether oxygens (including phenoxy) is 2. The first-order chi connectivity index (χ1) is 9.19. The second-order valence-corrected chi connectivity index (χ2v) is 5.08. The summed E-state index contributed by atoms with van der Waals surface area (Å²) in [7, 11) is 1.66. The second kappa shape index (κ2) is 6.73. The summed E-state index contributed by atoms with van der Waals surface area (Å²) in [6, 6.07) is 5.97. The molecule has 0 unspecified atom stereocenters. The molecule has 0 spiro atoms. The van der Waals surface area contributed by atoms with Gasteiger partial charge in [0, 0.05) is 13.2 Å². The predicted octanol–water partition coefficient (Wildman–Crippen LogP) is 2.47. The van der Waals surface area contributed by atoms with E-state index in [4.69, 9.17) is 21.7 Å². The highest BCUT2D eigenvalue weighted by Gasteiger charge is 2.15. The van der Waals surface area contributed by atoms with Crippen molar-refractivity contribution in [1.82, 2.24) is 5.32 Å². The summed E-state index contributed by atoms with van der Waals surface area (Å²) in [6.45, 7) is 3.64. The summed E-state index contributed by atoms with van der Waals surface area (Å²) < 4.78 is 10.9. The largest absolute Gasteiger partial charge is 0.495 e. The molecule has 0 bridgehead atoms. The zero-order chi connectivity index (χ0) is 13.7. The third-order valence-electron chi connectivity index (χ3n) is 3.12. The van der Waals surface area contributed by atoms with E-state index in [9.17, 15) is 0 Å². The van der Waals surface area contributed by atoms with Gasteiger partial charge in [0.1, 0.15) is 5.75 Å². The number of thiocarbonyl (C=S) groups is 1. The smallest absolute Gasteiger partial charge is 0.170 e. The van der Waals surface area contributed by atoms with Gasteiger partial charge in [-0.05, 0) is 49.7 Å². The number of hydrogen-bond acceptors (Lipinski definition) is 3. The minimum atomic E-state index is 0.277. The molecule has 0 aliphatic carbocycles. The standard InChI is InChI=1S/C14H20N2O2S/c1-10-5-6-12(13(8-10)17-2)16-14(19)15-9-11-4-3-7-18-11/h5-6,8,11H,3-4,7,9H2,1-2H3,(H2,15,16,19)/t11-/m0/s1. The third-order valence-corrected chi connectivity index (χ3v) is 3.37. The Morgan fingerprint density at radius 3 is 3.05 bits per heavy atom. The van der Waals surface area contributed by atoms with Crippen molar-refractivity contribution in [2.24, 2.45) is 0 Å². The molecule has 1 aliphatic rings. The number of rotatable bonds is 4. The van der Waals surface area contributed by atoms with Crippen LogP contribution in [0.25, 0.3) is 0 Å². The molecule has 5 heteroatoms. The molecule has 2 N–H and O–H groups in total. The third kappa shape index (κ3) is 4.08. The van der Waals surface area contributed by atoms with Crippen molar-refractivity contribution in [1.29, 1.82) is 0 Å². The molecule has 104 valence electrons. The SMILES string of the molecule is COc1cc(C)ccc1NC(=S)NC[C@@H]1CCCO1. The normalized spacial score (nSPS) is 18.1. The van der Waals surface area contributed by atoms with Crippen LogP contribution in [0.15, 0.2) is 18.2 Å². The van der Waals surface area contributed by atoms with E-state index < -0.39 is 0 Å². The monoisotopic (exact) mass is 280 g/mol. The van der Waals surface area contributed by atoms with Gasteiger partial charge in [-0.1, -0.05) is 6.07 Å². The van der Waals surface area contributed by atoms with E-state index in [1.807, 2.05) is 25.1 Å². The van der Waals surface area contributed by atoms with Gasteiger partial charge >= 0.3 is 0 Å². The zero-order valence-electron chi connectivity index (χ0n) is 11.4. The molecule has 2 rings (SSSR count). The number of nitrogens with one attached hydrogen (secondary N) is 2. The van der Waals surface area contributed by atoms with Crippen LogP contribution in [0.2, 0.25) is 0 Å². The molecule has 1 aliphatic heterocycles. The van der Waals surface area contributed by atoms with Crippen molar-refractivity contribution in [2.45, 2.75) is 25.9 Å². The molecule has 4 nitrogen and oxygen atoms in total. The fourth-order valence-corrected chi connectivity index (χ4v) is 2.27. The van der Waals surface area contributed by atoms with Crippen LogP contribution in [0, 0.1) is 6.92 Å². The fourth-order valence-electron chi connectivity index (χ4n) is 2.08. The van der Waals surface area contributed by atoms with Crippen molar-refractivity contribution in [3.05, 3.63) is 23.8 Å². The molecule has 19 heavy (non-hydrogen) atoms. The maximum Gasteiger partial charge on any atom is 0.170 e. The average molecular weight is 280 g/mol. The van der Waals surface area contributed by atoms with Crippen LogP contribution in [0.4, 0.5) is 5.69 Å². The minimum Gasteiger partial charge on any atom is -0.495 e. The van der Waals surface area contributed by atoms with Crippen LogP contribution in [0.1, 0.15) is 18.4 Å². The van der Waals surface area contributed by atoms with Gasteiger partial charge in [-0.3, -0.25) is 0 Å². The van der Waals surface area contributed by atoms with Gasteiger partial charge in [-0.15, -0.1) is 0 Å². The van der Waals surface area contributed by atoms with Gasteiger partial charge in [0.25, 0.3) is 0 Å². The van der Waals surface area contributed by atoms with Crippen molar-refractivity contribution in [3.8, 4) is 5.75 Å². The van der Waals surface area contributed by atoms with Crippen LogP contribution in [0.5, 0.6) is 5.75 Å². The van der Waals surface area contributed by atoms with E-state index in [-0.39, 0.29) is 6.10 Å². The number of benzene rings is 1. The van der Waals surface area contributed by atoms with Gasteiger partial charge in [0.15, 0.2) is 5.11 Å². The Morgan fingerprint density at radius 1 is 1.53 bits per heavy atom. The fraction of sp³-hybridized carbons (Fsp3) is 0.500. The zero-order valence-corrected chi connectivity index (χ0v) is 12.2. The van der Waals surface area contributed by atoms with Crippen LogP contribution in [-0.2, 0) is 4.74 Å². The topological polar surface area (TPSA) is 42.5 Å². The summed E-state index contributed by atoms with van der Waals surface area (Å²) in [6.07, 6.45) is 2.52. The quantitative estimate of drug-likeness (QED) is 0.829. The molecule has 1 heterocycles. The Labute approximate surface area is 119 Å². The Kier molecular flexibility index (Phi) is 4.99. The summed E-state index contributed by atoms with van der Waals surface area (Å²) in [5, 5.41) is 6.93. The summed E-state index contributed by atoms with van der Waals surface area (Å²) in [5.41, 5.74) is 2.03. The minimum absolute atomic E-state index is 0.277. The van der Waals surface area contributed by atoms with Crippen LogP contribution >= 0.6 is 12.2 Å². The molecule has 0 saturated carbocycles. The van der Waals surface area contributed by atoms with Crippen molar-refractivity contribution in [2.75, 3.05) is 25.6 Å². The molecule has 0 amide bonds. The highest BCUT2D eigenvalue weighted by Crippen LogP contribution is 2.25. The van der Waals surface area contributed by atoms with Crippen molar-refractivity contribution < 1.29 is 9.47 Å². The van der Waals surface area contributed by atoms with E-state index in [2.05, 4.69) is 10.6 Å². The molecular weight excluding hydrogens is 260 g/mol. The molecule has 0 radical (unpaired) electrons. The van der Waals surface area contributed by atoms with Crippen molar-refractivity contribution >= 4 is 23.0 Å². The maximum atomic E-state index is 5.54. The van der Waals surface area contributed by atoms with E-state index in [1.54, 1.807) is 7.11 Å². The Morgan fingerprint density at radius 2 is 2.37 bits per heavy atom. The molecule has 1 fully saturated rings. The van der Waals surface area contributed by atoms with Gasteiger partial charge < -0.3 is 20.1 Å². The van der Waals surface area contributed by atoms with Crippen molar-refractivity contribution in [3.63, 3.8) is 0 Å². The lowest BCUT2D eigenvalue weighted by Crippen LogP contribution is -2.34. The lowest BCUT2D eigenvalue weighted by Gasteiger charge is -2.16. The summed E-state index contributed by atoms with van der Waals surface area (Å²) in [4.78, 5) is 0. The second-order valence-electron chi connectivity index (χ2n) is 4.67. The van der Waals surface area contributed by atoms with E-state index >= 15 is 0 Å². The van der Waals surface area contributed by atoms with E-state index in [0.29, 0.717) is 5.11 Å². The van der Waals surface area contributed by atoms with E-state index in [0.717, 1.165) is 43.0 Å². The number of methoxy groups -OCH3 is 1. The first-order valence-electron chi connectivity index (χ1n) is 6.50. The summed E-state index contributed by atoms with van der Waals surface area (Å²) in [5.74, 6) is 0.793. The first kappa shape index (κ1) is 14.1. The molecule has 0 aromatic heterocycles. The number of aryl methyl sites for hydroxylation is 1. The Hall–Kier alpha value is -1.33. The lowest BCUT2D eigenvalue weighted by molar-refractivity contribution is 0.114. The van der Waals surface area contributed by atoms with Gasteiger partial charge in [-0.25, -0.2) is 0 Å². The maximum absolute atomic E-state index is 5.54. The van der Waals surface area contributed by atoms with Gasteiger partial charge in [0.2, 0.25) is 0 Å². The Bertz CT molecular complexity index is 445. The number of hydrogen-bond donors (Lipinski definition) is 2. The first-order valence-corrected chi connectivity index (χ1v) is 6.91. The number of anilines is 1. The predicted molar refractivity (Wildman–Crippen MR) is 80.9 cm³/mol. The highest BCUT2D eigenvalue weighted by atomic mass is 32.1. The van der Waals surface area contributed by atoms with Crippen LogP contribution in [-0.4, -0.2) is 31.5 Å². The van der Waals surface area contributed by atoms with E-state index in [1.165, 1.54) is 0 Å². The molecule has 1 atom stereocenters. The average Bonchev–Trinajstić information content (AvgIpc) is 2.91. The Balaban J connectivity index is 1.87. The molecule has 1 aromatic rings.